The summed E-state index contributed by atoms with van der Waals surface area (Å²) in [5, 5.41) is 7.09. The van der Waals surface area contributed by atoms with E-state index in [0.29, 0.717) is 17.5 Å². The lowest BCUT2D eigenvalue weighted by atomic mass is 9.96. The average Bonchev–Trinajstić information content (AvgIpc) is 2.66. The van der Waals surface area contributed by atoms with Crippen LogP contribution in [0.2, 0.25) is 0 Å². The van der Waals surface area contributed by atoms with Crippen molar-refractivity contribution in [3.05, 3.63) is 29.5 Å². The van der Waals surface area contributed by atoms with Crippen LogP contribution >= 0.6 is 0 Å². The maximum Gasteiger partial charge on any atom is 0.418 e. The molecule has 108 valence electrons. The van der Waals surface area contributed by atoms with Crippen LogP contribution in [0.1, 0.15) is 25.1 Å². The SMILES string of the molecule is Cn1nc(C(C)(C)NC=O)c2cccc(C(F)(F)F)c21. The molecule has 0 unspecified atom stereocenters. The Hall–Kier alpha value is -2.05. The Kier molecular flexibility index (Phi) is 3.23. The highest BCUT2D eigenvalue weighted by Gasteiger charge is 2.36. The Morgan fingerprint density at radius 2 is 1.95 bits per heavy atom. The molecule has 0 aliphatic heterocycles. The molecule has 2 aromatic rings. The number of nitrogens with one attached hydrogen (secondary N) is 1. The second-order valence-electron chi connectivity index (χ2n) is 5.06. The van der Waals surface area contributed by atoms with E-state index >= 15 is 0 Å². The van der Waals surface area contributed by atoms with Crippen LogP contribution in [-0.2, 0) is 23.6 Å². The predicted molar refractivity (Wildman–Crippen MR) is 67.9 cm³/mol. The molecule has 0 aliphatic carbocycles. The Morgan fingerprint density at radius 1 is 1.30 bits per heavy atom. The van der Waals surface area contributed by atoms with Crippen LogP contribution in [-0.4, -0.2) is 16.2 Å². The zero-order chi connectivity index (χ0) is 15.1. The quantitative estimate of drug-likeness (QED) is 0.881. The van der Waals surface area contributed by atoms with Gasteiger partial charge in [-0.25, -0.2) is 0 Å². The molecule has 1 amide bonds. The zero-order valence-corrected chi connectivity index (χ0v) is 11.2. The number of rotatable bonds is 3. The van der Waals surface area contributed by atoms with Gasteiger partial charge in [-0.15, -0.1) is 0 Å². The molecule has 7 heteroatoms. The van der Waals surface area contributed by atoms with Crippen molar-refractivity contribution in [2.75, 3.05) is 0 Å². The highest BCUT2D eigenvalue weighted by molar-refractivity contribution is 5.86. The lowest BCUT2D eigenvalue weighted by Gasteiger charge is -2.21. The van der Waals surface area contributed by atoms with E-state index in [9.17, 15) is 18.0 Å². The summed E-state index contributed by atoms with van der Waals surface area (Å²) < 4.78 is 40.3. The van der Waals surface area contributed by atoms with E-state index < -0.39 is 17.3 Å². The monoisotopic (exact) mass is 285 g/mol. The van der Waals surface area contributed by atoms with Gasteiger partial charge in [0, 0.05) is 12.4 Å². The van der Waals surface area contributed by atoms with Crippen LogP contribution in [0.4, 0.5) is 13.2 Å². The van der Waals surface area contributed by atoms with Crippen molar-refractivity contribution in [1.29, 1.82) is 0 Å². The molecule has 0 spiro atoms. The van der Waals surface area contributed by atoms with Crippen molar-refractivity contribution in [3.63, 3.8) is 0 Å². The number of aromatic nitrogens is 2. The number of nitrogens with zero attached hydrogens (tertiary/aromatic N) is 2. The van der Waals surface area contributed by atoms with E-state index in [1.807, 2.05) is 0 Å². The van der Waals surface area contributed by atoms with Crippen LogP contribution in [0.3, 0.4) is 0 Å². The molecule has 0 fully saturated rings. The highest BCUT2D eigenvalue weighted by Crippen LogP contribution is 2.37. The fourth-order valence-electron chi connectivity index (χ4n) is 2.24. The molecule has 2 rings (SSSR count). The van der Waals surface area contributed by atoms with Gasteiger partial charge < -0.3 is 5.32 Å². The van der Waals surface area contributed by atoms with Gasteiger partial charge in [-0.1, -0.05) is 12.1 Å². The summed E-state index contributed by atoms with van der Waals surface area (Å²) in [5.74, 6) is 0. The summed E-state index contributed by atoms with van der Waals surface area (Å²) in [6.07, 6.45) is -3.94. The number of hydrogen-bond donors (Lipinski definition) is 1. The molecule has 1 heterocycles. The van der Waals surface area contributed by atoms with Crippen LogP contribution in [0.15, 0.2) is 18.2 Å². The van der Waals surface area contributed by atoms with Crippen molar-refractivity contribution < 1.29 is 18.0 Å². The van der Waals surface area contributed by atoms with Crippen LogP contribution in [0.25, 0.3) is 10.9 Å². The van der Waals surface area contributed by atoms with Gasteiger partial charge in [0.25, 0.3) is 0 Å². The van der Waals surface area contributed by atoms with Gasteiger partial charge in [-0.05, 0) is 19.9 Å². The van der Waals surface area contributed by atoms with Crippen molar-refractivity contribution >= 4 is 17.3 Å². The molecule has 0 bridgehead atoms. The topological polar surface area (TPSA) is 46.9 Å². The molecule has 1 aromatic heterocycles. The smallest absolute Gasteiger partial charge is 0.348 e. The number of aryl methyl sites for hydroxylation is 1. The largest absolute Gasteiger partial charge is 0.418 e. The first kappa shape index (κ1) is 14.4. The van der Waals surface area contributed by atoms with Gasteiger partial charge in [0.15, 0.2) is 0 Å². The summed E-state index contributed by atoms with van der Waals surface area (Å²) in [6, 6.07) is 3.93. The zero-order valence-electron chi connectivity index (χ0n) is 11.2. The number of carbonyl (C=O) groups is 1. The number of hydrogen-bond acceptors (Lipinski definition) is 2. The van der Waals surface area contributed by atoms with Gasteiger partial charge in [-0.2, -0.15) is 18.3 Å². The predicted octanol–water partition coefficient (Wildman–Crippen LogP) is 2.57. The Morgan fingerprint density at radius 3 is 2.50 bits per heavy atom. The molecule has 0 radical (unpaired) electrons. The summed E-state index contributed by atoms with van der Waals surface area (Å²) in [5.41, 5.74) is -1.19. The first-order valence-corrected chi connectivity index (χ1v) is 5.93. The van der Waals surface area contributed by atoms with E-state index in [0.717, 1.165) is 6.07 Å². The first-order valence-electron chi connectivity index (χ1n) is 5.93. The number of benzene rings is 1. The lowest BCUT2D eigenvalue weighted by Crippen LogP contribution is -2.36. The van der Waals surface area contributed by atoms with E-state index in [2.05, 4.69) is 10.4 Å². The third kappa shape index (κ3) is 2.23. The Balaban J connectivity index is 2.77. The fraction of sp³-hybridized carbons (Fsp3) is 0.385. The molecule has 0 atom stereocenters. The van der Waals surface area contributed by atoms with Crippen LogP contribution < -0.4 is 5.32 Å². The fourth-order valence-corrected chi connectivity index (χ4v) is 2.24. The van der Waals surface area contributed by atoms with Crippen LogP contribution in [0, 0.1) is 0 Å². The number of carbonyl (C=O) groups excluding carboxylic acids is 1. The number of alkyl halides is 3. The second kappa shape index (κ2) is 4.50. The Labute approximate surface area is 113 Å². The third-order valence-corrected chi connectivity index (χ3v) is 3.18. The van der Waals surface area contributed by atoms with Crippen molar-refractivity contribution in [2.45, 2.75) is 25.6 Å². The van der Waals surface area contributed by atoms with E-state index in [4.69, 9.17) is 0 Å². The molecule has 20 heavy (non-hydrogen) atoms. The number of fused-ring (bicyclic) bond motifs is 1. The molecular formula is C13H14F3N3O. The van der Waals surface area contributed by atoms with E-state index in [-0.39, 0.29) is 5.52 Å². The minimum Gasteiger partial charge on any atom is -0.348 e. The maximum absolute atomic E-state index is 13.0. The minimum absolute atomic E-state index is 0.00998. The standard InChI is InChI=1S/C13H14F3N3O/c1-12(2,17-7-20)11-8-5-4-6-9(13(14,15)16)10(8)19(3)18-11/h4-7H,1-3H3,(H,17,20). The second-order valence-corrected chi connectivity index (χ2v) is 5.06. The number of amides is 1. The summed E-state index contributed by atoms with van der Waals surface area (Å²) in [7, 11) is 1.46. The van der Waals surface area contributed by atoms with E-state index in [1.165, 1.54) is 17.8 Å². The van der Waals surface area contributed by atoms with Gasteiger partial charge in [-0.3, -0.25) is 9.48 Å². The lowest BCUT2D eigenvalue weighted by molar-refractivity contribution is -0.136. The maximum atomic E-state index is 13.0. The summed E-state index contributed by atoms with van der Waals surface area (Å²) >= 11 is 0. The molecular weight excluding hydrogens is 271 g/mol. The highest BCUT2D eigenvalue weighted by atomic mass is 19.4. The van der Waals surface area contributed by atoms with Gasteiger partial charge >= 0.3 is 6.18 Å². The van der Waals surface area contributed by atoms with Crippen LogP contribution in [0.5, 0.6) is 0 Å². The third-order valence-electron chi connectivity index (χ3n) is 3.18. The summed E-state index contributed by atoms with van der Waals surface area (Å²) in [4.78, 5) is 10.6. The normalized spacial score (nSPS) is 12.7. The number of halogens is 3. The molecule has 0 aliphatic rings. The molecule has 1 N–H and O–H groups in total. The van der Waals surface area contributed by atoms with E-state index in [1.54, 1.807) is 19.9 Å². The van der Waals surface area contributed by atoms with Crippen molar-refractivity contribution in [3.8, 4) is 0 Å². The van der Waals surface area contributed by atoms with Gasteiger partial charge in [0.2, 0.25) is 6.41 Å². The minimum atomic E-state index is -4.45. The molecule has 0 saturated heterocycles. The van der Waals surface area contributed by atoms with Crippen molar-refractivity contribution in [2.24, 2.45) is 7.05 Å². The first-order chi connectivity index (χ1) is 9.18. The molecule has 0 saturated carbocycles. The van der Waals surface area contributed by atoms with Gasteiger partial charge in [0.05, 0.1) is 22.3 Å². The molecule has 4 nitrogen and oxygen atoms in total. The summed E-state index contributed by atoms with van der Waals surface area (Å²) in [6.45, 7) is 3.37. The van der Waals surface area contributed by atoms with Gasteiger partial charge in [0.1, 0.15) is 0 Å². The molecule has 1 aromatic carbocycles. The average molecular weight is 285 g/mol. The Bertz CT molecular complexity index is 659. The number of para-hydroxylation sites is 1. The van der Waals surface area contributed by atoms with Crippen molar-refractivity contribution in [1.82, 2.24) is 15.1 Å².